The second-order valence-electron chi connectivity index (χ2n) is 5.71. The molecule has 0 bridgehead atoms. The van der Waals surface area contributed by atoms with Crippen LogP contribution < -0.4 is 15.4 Å². The molecule has 1 aliphatic heterocycles. The Morgan fingerprint density at radius 1 is 1.31 bits per heavy atom. The molecule has 0 radical (unpaired) electrons. The molecule has 7 heteroatoms. The molecule has 2 aromatic carbocycles. The first kappa shape index (κ1) is 17.6. The number of rotatable bonds is 4. The van der Waals surface area contributed by atoms with Gasteiger partial charge < -0.3 is 4.74 Å². The number of carbonyl (C=O) groups is 2. The van der Waals surface area contributed by atoms with Crippen LogP contribution in [0, 0.1) is 5.82 Å². The van der Waals surface area contributed by atoms with Crippen molar-refractivity contribution in [2.24, 2.45) is 4.99 Å². The fourth-order valence-corrected chi connectivity index (χ4v) is 2.61. The van der Waals surface area contributed by atoms with Crippen LogP contribution in [0.1, 0.15) is 35.3 Å². The van der Waals surface area contributed by atoms with E-state index in [0.29, 0.717) is 6.61 Å². The van der Waals surface area contributed by atoms with Crippen molar-refractivity contribution in [1.82, 2.24) is 10.6 Å². The number of amides is 2. The minimum absolute atomic E-state index is 0.0504. The average Bonchev–Trinajstić information content (AvgIpc) is 2.62. The molecule has 1 atom stereocenters. The molecule has 134 valence electrons. The average molecular weight is 355 g/mol. The summed E-state index contributed by atoms with van der Waals surface area (Å²) in [7, 11) is 0. The van der Waals surface area contributed by atoms with Gasteiger partial charge in [0.05, 0.1) is 19.1 Å². The lowest BCUT2D eigenvalue weighted by Gasteiger charge is -2.21. The van der Waals surface area contributed by atoms with Crippen LogP contribution in [0.3, 0.4) is 0 Å². The molecule has 1 heterocycles. The Bertz CT molecular complexity index is 849. The summed E-state index contributed by atoms with van der Waals surface area (Å²) in [6.07, 6.45) is 0.174. The van der Waals surface area contributed by atoms with Crippen molar-refractivity contribution in [2.75, 3.05) is 6.61 Å². The highest BCUT2D eigenvalue weighted by atomic mass is 19.1. The van der Waals surface area contributed by atoms with Gasteiger partial charge in [0.2, 0.25) is 11.9 Å². The summed E-state index contributed by atoms with van der Waals surface area (Å²) >= 11 is 0. The molecule has 2 N–H and O–H groups in total. The second-order valence-corrected chi connectivity index (χ2v) is 5.71. The van der Waals surface area contributed by atoms with Crippen LogP contribution in [0.2, 0.25) is 0 Å². The number of benzene rings is 2. The van der Waals surface area contributed by atoms with Crippen LogP contribution in [-0.2, 0) is 4.79 Å². The molecule has 2 amide bonds. The van der Waals surface area contributed by atoms with Crippen molar-refractivity contribution in [2.45, 2.75) is 19.4 Å². The first-order valence-electron chi connectivity index (χ1n) is 8.22. The van der Waals surface area contributed by atoms with Gasteiger partial charge in [0.25, 0.3) is 5.91 Å². The minimum Gasteiger partial charge on any atom is -0.494 e. The van der Waals surface area contributed by atoms with E-state index in [1.165, 1.54) is 18.2 Å². The van der Waals surface area contributed by atoms with Gasteiger partial charge in [0, 0.05) is 5.56 Å². The zero-order valence-electron chi connectivity index (χ0n) is 14.2. The normalized spacial score (nSPS) is 16.5. The highest BCUT2D eigenvalue weighted by Gasteiger charge is 2.24. The minimum atomic E-state index is -0.545. The van der Waals surface area contributed by atoms with E-state index in [9.17, 15) is 14.0 Å². The number of hydrogen-bond donors (Lipinski definition) is 2. The first-order valence-corrected chi connectivity index (χ1v) is 8.22. The monoisotopic (exact) mass is 355 g/mol. The molecule has 0 saturated carbocycles. The lowest BCUT2D eigenvalue weighted by molar-refractivity contribution is -0.120. The molecule has 2 aromatic rings. The van der Waals surface area contributed by atoms with Gasteiger partial charge in [-0.25, -0.2) is 9.38 Å². The lowest BCUT2D eigenvalue weighted by atomic mass is 10.0. The Morgan fingerprint density at radius 2 is 2.08 bits per heavy atom. The highest BCUT2D eigenvalue weighted by Crippen LogP contribution is 2.25. The van der Waals surface area contributed by atoms with Crippen molar-refractivity contribution in [3.05, 3.63) is 65.5 Å². The Hall–Kier alpha value is -3.22. The van der Waals surface area contributed by atoms with E-state index in [1.54, 1.807) is 0 Å². The number of ether oxygens (including phenoxy) is 1. The quantitative estimate of drug-likeness (QED) is 0.885. The summed E-state index contributed by atoms with van der Waals surface area (Å²) in [5.41, 5.74) is 0.978. The summed E-state index contributed by atoms with van der Waals surface area (Å²) in [6, 6.07) is 12.2. The highest BCUT2D eigenvalue weighted by molar-refractivity contribution is 6.10. The first-order chi connectivity index (χ1) is 12.5. The number of guanidine groups is 1. The number of halogens is 1. The largest absolute Gasteiger partial charge is 0.494 e. The van der Waals surface area contributed by atoms with E-state index in [0.717, 1.165) is 17.4 Å². The van der Waals surface area contributed by atoms with Crippen molar-refractivity contribution in [1.29, 1.82) is 0 Å². The number of nitrogens with one attached hydrogen (secondary N) is 2. The van der Waals surface area contributed by atoms with Crippen LogP contribution >= 0.6 is 0 Å². The van der Waals surface area contributed by atoms with Crippen LogP contribution in [0.15, 0.2) is 53.5 Å². The lowest BCUT2D eigenvalue weighted by Crippen LogP contribution is -2.47. The Balaban J connectivity index is 1.76. The van der Waals surface area contributed by atoms with E-state index in [1.807, 2.05) is 31.2 Å². The fourth-order valence-electron chi connectivity index (χ4n) is 2.61. The predicted molar refractivity (Wildman–Crippen MR) is 94.4 cm³/mol. The molecule has 0 fully saturated rings. The van der Waals surface area contributed by atoms with E-state index < -0.39 is 17.8 Å². The Labute approximate surface area is 150 Å². The topological polar surface area (TPSA) is 79.8 Å². The molecule has 0 aliphatic carbocycles. The van der Waals surface area contributed by atoms with Gasteiger partial charge in [0.1, 0.15) is 11.6 Å². The third kappa shape index (κ3) is 4.24. The molecular weight excluding hydrogens is 337 g/mol. The summed E-state index contributed by atoms with van der Waals surface area (Å²) < 4.78 is 18.6. The van der Waals surface area contributed by atoms with Crippen molar-refractivity contribution in [3.8, 4) is 5.75 Å². The van der Waals surface area contributed by atoms with Crippen molar-refractivity contribution in [3.63, 3.8) is 0 Å². The van der Waals surface area contributed by atoms with Gasteiger partial charge in [-0.2, -0.15) is 0 Å². The van der Waals surface area contributed by atoms with Gasteiger partial charge in [-0.3, -0.25) is 20.2 Å². The maximum Gasteiger partial charge on any atom is 0.258 e. The third-order valence-corrected chi connectivity index (χ3v) is 3.82. The zero-order chi connectivity index (χ0) is 18.5. The molecule has 6 nitrogen and oxygen atoms in total. The Morgan fingerprint density at radius 3 is 2.77 bits per heavy atom. The third-order valence-electron chi connectivity index (χ3n) is 3.82. The van der Waals surface area contributed by atoms with Crippen molar-refractivity contribution >= 4 is 17.8 Å². The maximum atomic E-state index is 13.2. The fraction of sp³-hybridized carbons (Fsp3) is 0.211. The number of aliphatic imine (C=N–C) groups is 1. The van der Waals surface area contributed by atoms with Gasteiger partial charge in [0.15, 0.2) is 0 Å². The summed E-state index contributed by atoms with van der Waals surface area (Å²) in [5, 5.41) is 5.04. The smallest absolute Gasteiger partial charge is 0.258 e. The molecule has 0 aromatic heterocycles. The molecule has 1 unspecified atom stereocenters. The molecule has 26 heavy (non-hydrogen) atoms. The van der Waals surface area contributed by atoms with E-state index in [-0.39, 0.29) is 23.9 Å². The van der Waals surface area contributed by atoms with Gasteiger partial charge in [-0.1, -0.05) is 18.2 Å². The summed E-state index contributed by atoms with van der Waals surface area (Å²) in [6.45, 7) is 2.47. The van der Waals surface area contributed by atoms with Crippen LogP contribution in [0.5, 0.6) is 5.75 Å². The SMILES string of the molecule is CCOc1ccc(C2CC(=O)NC(NC(=O)c3cccc(F)c3)=N2)cc1. The van der Waals surface area contributed by atoms with Gasteiger partial charge in [-0.15, -0.1) is 0 Å². The number of nitrogens with zero attached hydrogens (tertiary/aromatic N) is 1. The second kappa shape index (κ2) is 7.77. The van der Waals surface area contributed by atoms with Crippen molar-refractivity contribution < 1.29 is 18.7 Å². The van der Waals surface area contributed by atoms with E-state index in [2.05, 4.69) is 15.6 Å². The standard InChI is InChI=1S/C19H18FN3O3/c1-2-26-15-8-6-12(7-9-15)16-11-17(24)22-19(21-16)23-18(25)13-4-3-5-14(20)10-13/h3-10,16H,2,11H2,1H3,(H2,21,22,23,24,25). The zero-order valence-corrected chi connectivity index (χ0v) is 14.2. The molecule has 3 rings (SSSR count). The van der Waals surface area contributed by atoms with E-state index in [4.69, 9.17) is 4.74 Å². The van der Waals surface area contributed by atoms with Gasteiger partial charge >= 0.3 is 0 Å². The maximum absolute atomic E-state index is 13.2. The molecule has 1 aliphatic rings. The van der Waals surface area contributed by atoms with Gasteiger partial charge in [-0.05, 0) is 42.8 Å². The molecule has 0 spiro atoms. The number of carbonyl (C=O) groups excluding carboxylic acids is 2. The van der Waals surface area contributed by atoms with E-state index >= 15 is 0 Å². The summed E-state index contributed by atoms with van der Waals surface area (Å²) in [5.74, 6) is -0.529. The predicted octanol–water partition coefficient (Wildman–Crippen LogP) is 2.57. The molecule has 0 saturated heterocycles. The number of hydrogen-bond acceptors (Lipinski definition) is 4. The van der Waals surface area contributed by atoms with Crippen LogP contribution in [0.4, 0.5) is 4.39 Å². The Kier molecular flexibility index (Phi) is 5.26. The van der Waals surface area contributed by atoms with Crippen LogP contribution in [-0.4, -0.2) is 24.4 Å². The summed E-state index contributed by atoms with van der Waals surface area (Å²) in [4.78, 5) is 28.6. The van der Waals surface area contributed by atoms with Crippen LogP contribution in [0.25, 0.3) is 0 Å². The molecular formula is C19H18FN3O3.